The lowest BCUT2D eigenvalue weighted by Crippen LogP contribution is -2.55. The minimum absolute atomic E-state index is 0.0203. The number of ether oxygens (including phenoxy) is 2. The minimum Gasteiger partial charge on any atom is -0.485 e. The number of benzene rings is 3. The molecule has 172 valence electrons. The number of hydrogen-bond acceptors (Lipinski definition) is 4. The summed E-state index contributed by atoms with van der Waals surface area (Å²) in [6, 6.07) is 25.0. The normalized spacial score (nSPS) is 21.7. The van der Waals surface area contributed by atoms with Crippen LogP contribution in [0.25, 0.3) is 0 Å². The second-order valence-electron chi connectivity index (χ2n) is 9.91. The molecule has 0 amide bonds. The molecular weight excluding hydrogens is 410 g/mol. The van der Waals surface area contributed by atoms with Crippen LogP contribution in [-0.2, 0) is 19.6 Å². The van der Waals surface area contributed by atoms with Crippen LogP contribution in [0.5, 0.6) is 11.5 Å². The van der Waals surface area contributed by atoms with Gasteiger partial charge in [0, 0.05) is 18.1 Å². The minimum atomic E-state index is -0.283. The molecule has 0 unspecified atom stereocenters. The molecule has 0 bridgehead atoms. The van der Waals surface area contributed by atoms with Gasteiger partial charge in [-0.05, 0) is 67.5 Å². The van der Waals surface area contributed by atoms with E-state index in [1.165, 1.54) is 11.1 Å². The molecule has 1 saturated heterocycles. The average molecular weight is 444 g/mol. The Hall–Kier alpha value is -2.82. The van der Waals surface area contributed by atoms with E-state index in [2.05, 4.69) is 55.1 Å². The van der Waals surface area contributed by atoms with Crippen LogP contribution in [0.4, 0.5) is 0 Å². The van der Waals surface area contributed by atoms with Crippen LogP contribution in [-0.4, -0.2) is 28.2 Å². The monoisotopic (exact) mass is 443 g/mol. The lowest BCUT2D eigenvalue weighted by atomic mass is 9.78. The molecule has 2 heterocycles. The highest BCUT2D eigenvalue weighted by Crippen LogP contribution is 2.46. The lowest BCUT2D eigenvalue weighted by molar-refractivity contribution is -0.0474. The highest BCUT2D eigenvalue weighted by molar-refractivity contribution is 5.50. The fourth-order valence-corrected chi connectivity index (χ4v) is 5.42. The molecule has 0 aliphatic carbocycles. The van der Waals surface area contributed by atoms with Crippen LogP contribution in [0.1, 0.15) is 55.0 Å². The Bertz CT molecular complexity index is 1080. The molecule has 33 heavy (non-hydrogen) atoms. The Balaban J connectivity index is 1.46. The summed E-state index contributed by atoms with van der Waals surface area (Å²) in [5, 5.41) is 10.6. The third kappa shape index (κ3) is 4.78. The number of rotatable bonds is 6. The van der Waals surface area contributed by atoms with Gasteiger partial charge in [0.1, 0.15) is 13.2 Å². The van der Waals surface area contributed by atoms with Gasteiger partial charge < -0.3 is 14.6 Å². The van der Waals surface area contributed by atoms with Crippen LogP contribution in [0.15, 0.2) is 72.8 Å². The van der Waals surface area contributed by atoms with Crippen molar-refractivity contribution in [2.75, 3.05) is 6.54 Å². The number of piperidine rings is 1. The standard InChI is InChI=1S/C29H33NO3/c1-29(2)18-24(31)16-26-25-17-28(33-20-22-11-7-4-8-12-22)27(15-23(25)13-14-30(26)29)32-19-21-9-5-3-6-10-21/h3-12,15,17,24,26,31H,13-14,16,18-20H2,1-2H3/t24-,26-/m0/s1. The van der Waals surface area contributed by atoms with Crippen molar-refractivity contribution in [3.63, 3.8) is 0 Å². The smallest absolute Gasteiger partial charge is 0.162 e. The van der Waals surface area contributed by atoms with E-state index >= 15 is 0 Å². The first-order valence-electron chi connectivity index (χ1n) is 11.9. The molecule has 3 aromatic rings. The van der Waals surface area contributed by atoms with Crippen molar-refractivity contribution in [3.8, 4) is 11.5 Å². The summed E-state index contributed by atoms with van der Waals surface area (Å²) in [6.07, 6.45) is 2.27. The van der Waals surface area contributed by atoms with Crippen molar-refractivity contribution in [2.24, 2.45) is 0 Å². The average Bonchev–Trinajstić information content (AvgIpc) is 2.81. The number of fused-ring (bicyclic) bond motifs is 3. The highest BCUT2D eigenvalue weighted by atomic mass is 16.5. The molecule has 2 aliphatic rings. The van der Waals surface area contributed by atoms with Gasteiger partial charge in [0.2, 0.25) is 0 Å². The quantitative estimate of drug-likeness (QED) is 0.532. The number of hydrogen-bond donors (Lipinski definition) is 1. The fraction of sp³-hybridized carbons (Fsp3) is 0.379. The van der Waals surface area contributed by atoms with Crippen molar-refractivity contribution >= 4 is 0 Å². The topological polar surface area (TPSA) is 41.9 Å². The molecule has 0 aromatic heterocycles. The van der Waals surface area contributed by atoms with E-state index in [4.69, 9.17) is 9.47 Å². The zero-order valence-electron chi connectivity index (χ0n) is 19.5. The Morgan fingerprint density at radius 3 is 2.06 bits per heavy atom. The Labute approximate surface area is 196 Å². The van der Waals surface area contributed by atoms with E-state index in [1.54, 1.807) is 0 Å². The molecule has 1 fully saturated rings. The van der Waals surface area contributed by atoms with Crippen LogP contribution >= 0.6 is 0 Å². The van der Waals surface area contributed by atoms with Gasteiger partial charge in [0.25, 0.3) is 0 Å². The van der Waals surface area contributed by atoms with Gasteiger partial charge in [0.05, 0.1) is 6.10 Å². The first kappa shape index (κ1) is 22.0. The van der Waals surface area contributed by atoms with E-state index in [1.807, 2.05) is 36.4 Å². The third-order valence-corrected chi connectivity index (χ3v) is 7.05. The van der Waals surface area contributed by atoms with Gasteiger partial charge in [-0.2, -0.15) is 0 Å². The summed E-state index contributed by atoms with van der Waals surface area (Å²) >= 11 is 0. The van der Waals surface area contributed by atoms with E-state index in [-0.39, 0.29) is 17.7 Å². The first-order chi connectivity index (χ1) is 16.0. The summed E-state index contributed by atoms with van der Waals surface area (Å²) in [5.74, 6) is 1.56. The van der Waals surface area contributed by atoms with E-state index < -0.39 is 0 Å². The van der Waals surface area contributed by atoms with Gasteiger partial charge in [-0.1, -0.05) is 60.7 Å². The van der Waals surface area contributed by atoms with Crippen molar-refractivity contribution in [1.82, 2.24) is 4.90 Å². The Morgan fingerprint density at radius 1 is 0.879 bits per heavy atom. The molecule has 4 nitrogen and oxygen atoms in total. The first-order valence-corrected chi connectivity index (χ1v) is 11.9. The molecule has 5 rings (SSSR count). The molecule has 4 heteroatoms. The third-order valence-electron chi connectivity index (χ3n) is 7.05. The SMILES string of the molecule is CC1(C)C[C@@H](O)C[C@H]2c3cc(OCc4ccccc4)c(OCc4ccccc4)cc3CCN21. The molecule has 0 radical (unpaired) electrons. The van der Waals surface area contributed by atoms with E-state index in [0.29, 0.717) is 13.2 Å². The molecule has 1 N–H and O–H groups in total. The Morgan fingerprint density at radius 2 is 1.45 bits per heavy atom. The second-order valence-corrected chi connectivity index (χ2v) is 9.91. The number of aliphatic hydroxyl groups excluding tert-OH is 1. The second kappa shape index (κ2) is 9.20. The predicted octanol–water partition coefficient (Wildman–Crippen LogP) is 5.68. The maximum absolute atomic E-state index is 10.6. The van der Waals surface area contributed by atoms with Gasteiger partial charge in [0.15, 0.2) is 11.5 Å². The largest absolute Gasteiger partial charge is 0.485 e. The molecule has 2 aliphatic heterocycles. The predicted molar refractivity (Wildman–Crippen MR) is 130 cm³/mol. The number of nitrogens with zero attached hydrogens (tertiary/aromatic N) is 1. The molecule has 0 saturated carbocycles. The van der Waals surface area contributed by atoms with Crippen molar-refractivity contribution in [3.05, 3.63) is 95.1 Å². The van der Waals surface area contributed by atoms with E-state index in [0.717, 1.165) is 48.4 Å². The molecular formula is C29H33NO3. The summed E-state index contributed by atoms with van der Waals surface area (Å²) in [5.41, 5.74) is 4.81. The van der Waals surface area contributed by atoms with Crippen molar-refractivity contribution in [1.29, 1.82) is 0 Å². The number of aliphatic hydroxyl groups is 1. The molecule has 2 atom stereocenters. The van der Waals surface area contributed by atoms with Crippen LogP contribution in [0.2, 0.25) is 0 Å². The fourth-order valence-electron chi connectivity index (χ4n) is 5.42. The summed E-state index contributed by atoms with van der Waals surface area (Å²) < 4.78 is 12.6. The van der Waals surface area contributed by atoms with Crippen molar-refractivity contribution in [2.45, 2.75) is 64.0 Å². The summed E-state index contributed by atoms with van der Waals surface area (Å²) in [7, 11) is 0. The maximum Gasteiger partial charge on any atom is 0.162 e. The van der Waals surface area contributed by atoms with Crippen LogP contribution < -0.4 is 9.47 Å². The van der Waals surface area contributed by atoms with Gasteiger partial charge in [-0.15, -0.1) is 0 Å². The zero-order valence-corrected chi connectivity index (χ0v) is 19.5. The molecule has 3 aromatic carbocycles. The van der Waals surface area contributed by atoms with E-state index in [9.17, 15) is 5.11 Å². The van der Waals surface area contributed by atoms with Gasteiger partial charge in [-0.25, -0.2) is 0 Å². The Kier molecular flexibility index (Phi) is 6.13. The summed E-state index contributed by atoms with van der Waals surface area (Å²) in [6.45, 7) is 6.49. The van der Waals surface area contributed by atoms with Crippen molar-refractivity contribution < 1.29 is 14.6 Å². The summed E-state index contributed by atoms with van der Waals surface area (Å²) in [4.78, 5) is 2.56. The van der Waals surface area contributed by atoms with Crippen LogP contribution in [0.3, 0.4) is 0 Å². The lowest BCUT2D eigenvalue weighted by Gasteiger charge is -2.52. The van der Waals surface area contributed by atoms with Gasteiger partial charge >= 0.3 is 0 Å². The van der Waals surface area contributed by atoms with Crippen LogP contribution in [0, 0.1) is 0 Å². The highest BCUT2D eigenvalue weighted by Gasteiger charge is 2.43. The maximum atomic E-state index is 10.6. The molecule has 0 spiro atoms. The van der Waals surface area contributed by atoms with Gasteiger partial charge in [-0.3, -0.25) is 4.90 Å². The zero-order chi connectivity index (χ0) is 22.8.